The molecule has 0 bridgehead atoms. The molecule has 0 aliphatic heterocycles. The van der Waals surface area contributed by atoms with E-state index in [2.05, 4.69) is 10.1 Å². The molecule has 2 aromatic heterocycles. The van der Waals surface area contributed by atoms with E-state index in [1.165, 1.54) is 15.9 Å². The van der Waals surface area contributed by atoms with Crippen molar-refractivity contribution in [2.45, 2.75) is 0 Å². The van der Waals surface area contributed by atoms with Crippen molar-refractivity contribution in [2.75, 3.05) is 7.11 Å². The topological polar surface area (TPSA) is 56.5 Å². The Hall–Kier alpha value is -2.99. The Labute approximate surface area is 141 Å². The van der Waals surface area contributed by atoms with Crippen LogP contribution in [0, 0.1) is 0 Å². The zero-order valence-electron chi connectivity index (χ0n) is 12.8. The van der Waals surface area contributed by atoms with Crippen LogP contribution in [0.25, 0.3) is 22.4 Å². The minimum atomic E-state index is -0.152. The number of benzene rings is 2. The summed E-state index contributed by atoms with van der Waals surface area (Å²) in [5, 5.41) is 4.34. The summed E-state index contributed by atoms with van der Waals surface area (Å²) in [5.41, 5.74) is 1.68. The molecule has 6 heteroatoms. The number of fused-ring (bicyclic) bond motifs is 1. The third-order valence-electron chi connectivity index (χ3n) is 3.63. The van der Waals surface area contributed by atoms with E-state index in [9.17, 15) is 4.79 Å². The van der Waals surface area contributed by atoms with Crippen LogP contribution in [-0.2, 0) is 0 Å². The van der Waals surface area contributed by atoms with Gasteiger partial charge >= 0.3 is 0 Å². The molecule has 0 radical (unpaired) electrons. The van der Waals surface area contributed by atoms with E-state index >= 15 is 0 Å². The summed E-state index contributed by atoms with van der Waals surface area (Å²) in [6.45, 7) is 0. The van der Waals surface area contributed by atoms with Crippen LogP contribution in [-0.4, -0.2) is 21.7 Å². The number of methoxy groups -OCH3 is 1. The third-order valence-corrected chi connectivity index (χ3v) is 4.59. The maximum Gasteiger partial charge on any atom is 0.291 e. The van der Waals surface area contributed by atoms with Gasteiger partial charge in [0.15, 0.2) is 5.82 Å². The molecule has 118 valence electrons. The molecule has 0 fully saturated rings. The van der Waals surface area contributed by atoms with Crippen molar-refractivity contribution in [3.63, 3.8) is 0 Å². The maximum absolute atomic E-state index is 12.5. The lowest BCUT2D eigenvalue weighted by Gasteiger charge is -1.98. The average molecular weight is 335 g/mol. The van der Waals surface area contributed by atoms with Crippen LogP contribution in [0.1, 0.15) is 5.56 Å². The Morgan fingerprint density at radius 1 is 1.08 bits per heavy atom. The van der Waals surface area contributed by atoms with E-state index in [0.717, 1.165) is 16.9 Å². The van der Waals surface area contributed by atoms with Crippen LogP contribution in [0.3, 0.4) is 0 Å². The van der Waals surface area contributed by atoms with Gasteiger partial charge in [-0.25, -0.2) is 0 Å². The molecule has 0 saturated heterocycles. The summed E-state index contributed by atoms with van der Waals surface area (Å²) in [6, 6.07) is 17.2. The predicted octanol–water partition coefficient (Wildman–Crippen LogP) is 2.37. The van der Waals surface area contributed by atoms with E-state index < -0.39 is 0 Å². The molecule has 0 unspecified atom stereocenters. The average Bonchev–Trinajstić information content (AvgIpc) is 3.17. The number of rotatable bonds is 3. The van der Waals surface area contributed by atoms with Crippen molar-refractivity contribution in [1.82, 2.24) is 14.6 Å². The second-order valence-corrected chi connectivity index (χ2v) is 6.19. The van der Waals surface area contributed by atoms with Crippen molar-refractivity contribution < 1.29 is 4.74 Å². The van der Waals surface area contributed by atoms with Crippen molar-refractivity contribution in [3.8, 4) is 17.1 Å². The van der Waals surface area contributed by atoms with Gasteiger partial charge in [-0.3, -0.25) is 4.79 Å². The highest BCUT2D eigenvalue weighted by atomic mass is 32.1. The van der Waals surface area contributed by atoms with Gasteiger partial charge in [-0.2, -0.15) is 9.50 Å². The molecule has 4 rings (SSSR count). The molecule has 0 spiro atoms. The van der Waals surface area contributed by atoms with Crippen LogP contribution >= 0.6 is 11.3 Å². The number of aromatic nitrogens is 3. The van der Waals surface area contributed by atoms with Crippen molar-refractivity contribution >= 4 is 22.4 Å². The summed E-state index contributed by atoms with van der Waals surface area (Å²) in [6.07, 6.45) is 1.84. The summed E-state index contributed by atoms with van der Waals surface area (Å²) >= 11 is 1.33. The molecule has 5 nitrogen and oxygen atoms in total. The molecule has 0 N–H and O–H groups in total. The molecule has 0 aliphatic carbocycles. The van der Waals surface area contributed by atoms with E-state index in [1.54, 1.807) is 7.11 Å². The largest absolute Gasteiger partial charge is 0.497 e. The lowest BCUT2D eigenvalue weighted by molar-refractivity contribution is 0.415. The number of nitrogens with zero attached hydrogens (tertiary/aromatic N) is 3. The normalized spacial score (nSPS) is 12.0. The second-order valence-electron chi connectivity index (χ2n) is 5.18. The third kappa shape index (κ3) is 2.57. The molecule has 24 heavy (non-hydrogen) atoms. The number of hydrogen-bond donors (Lipinski definition) is 0. The van der Waals surface area contributed by atoms with E-state index in [4.69, 9.17) is 4.74 Å². The Balaban J connectivity index is 1.78. The number of ether oxygens (including phenoxy) is 1. The molecular formula is C18H13N3O2S. The zero-order valence-corrected chi connectivity index (χ0v) is 13.7. The smallest absolute Gasteiger partial charge is 0.291 e. The first kappa shape index (κ1) is 14.6. The first-order chi connectivity index (χ1) is 11.7. The van der Waals surface area contributed by atoms with E-state index in [-0.39, 0.29) is 5.56 Å². The molecule has 0 amide bonds. The zero-order chi connectivity index (χ0) is 16.5. The van der Waals surface area contributed by atoms with Crippen LogP contribution in [0.15, 0.2) is 59.4 Å². The van der Waals surface area contributed by atoms with Crippen molar-refractivity contribution in [3.05, 3.63) is 75.0 Å². The summed E-state index contributed by atoms with van der Waals surface area (Å²) in [5.74, 6) is 1.35. The highest BCUT2D eigenvalue weighted by Gasteiger charge is 2.11. The van der Waals surface area contributed by atoms with Gasteiger partial charge < -0.3 is 4.74 Å². The van der Waals surface area contributed by atoms with Crippen LogP contribution in [0.4, 0.5) is 0 Å². The second kappa shape index (κ2) is 5.90. The van der Waals surface area contributed by atoms with Crippen LogP contribution in [0.5, 0.6) is 5.75 Å². The summed E-state index contributed by atoms with van der Waals surface area (Å²) in [7, 11) is 1.62. The monoisotopic (exact) mass is 335 g/mol. The lowest BCUT2D eigenvalue weighted by atomic mass is 10.2. The quantitative estimate of drug-likeness (QED) is 0.577. The van der Waals surface area contributed by atoms with Gasteiger partial charge in [-0.1, -0.05) is 53.8 Å². The minimum Gasteiger partial charge on any atom is -0.497 e. The summed E-state index contributed by atoms with van der Waals surface area (Å²) < 4.78 is 7.11. The number of thiazole rings is 1. The molecule has 2 aromatic carbocycles. The fourth-order valence-corrected chi connectivity index (χ4v) is 3.30. The van der Waals surface area contributed by atoms with E-state index in [1.807, 2.05) is 60.7 Å². The highest BCUT2D eigenvalue weighted by molar-refractivity contribution is 7.15. The van der Waals surface area contributed by atoms with Gasteiger partial charge in [0.05, 0.1) is 11.6 Å². The molecule has 2 heterocycles. The van der Waals surface area contributed by atoms with Gasteiger partial charge in [-0.15, -0.1) is 5.10 Å². The molecule has 0 atom stereocenters. The molecule has 0 aliphatic rings. The van der Waals surface area contributed by atoms with Gasteiger partial charge in [-0.05, 0) is 23.8 Å². The first-order valence-corrected chi connectivity index (χ1v) is 8.17. The Morgan fingerprint density at radius 2 is 1.83 bits per heavy atom. The Bertz CT molecular complexity index is 1100. The van der Waals surface area contributed by atoms with Crippen molar-refractivity contribution in [1.29, 1.82) is 0 Å². The van der Waals surface area contributed by atoms with Gasteiger partial charge in [0.2, 0.25) is 4.96 Å². The van der Waals surface area contributed by atoms with Gasteiger partial charge in [0, 0.05) is 5.56 Å². The fourth-order valence-electron chi connectivity index (χ4n) is 2.39. The van der Waals surface area contributed by atoms with Crippen LogP contribution < -0.4 is 14.8 Å². The van der Waals surface area contributed by atoms with E-state index in [0.29, 0.717) is 15.3 Å². The maximum atomic E-state index is 12.5. The standard InChI is InChI=1S/C18H13N3O2S/c1-23-14-9-7-12(8-10-14)11-15-17(22)21-18(24-15)19-16(20-21)13-5-3-2-4-6-13/h2-11H,1H3/b15-11+. The van der Waals surface area contributed by atoms with Crippen LogP contribution in [0.2, 0.25) is 0 Å². The molecule has 0 saturated carbocycles. The van der Waals surface area contributed by atoms with Gasteiger partial charge in [0.1, 0.15) is 5.75 Å². The minimum absolute atomic E-state index is 0.152. The predicted molar refractivity (Wildman–Crippen MR) is 94.3 cm³/mol. The molecule has 4 aromatic rings. The van der Waals surface area contributed by atoms with Crippen molar-refractivity contribution in [2.24, 2.45) is 0 Å². The first-order valence-electron chi connectivity index (χ1n) is 7.35. The SMILES string of the molecule is COc1ccc(/C=c2/sc3nc(-c4ccccc4)nn3c2=O)cc1. The van der Waals surface area contributed by atoms with Gasteiger partial charge in [0.25, 0.3) is 5.56 Å². The fraction of sp³-hybridized carbons (Fsp3) is 0.0556. The molecular weight excluding hydrogens is 322 g/mol. The Morgan fingerprint density at radius 3 is 2.50 bits per heavy atom. The summed E-state index contributed by atoms with van der Waals surface area (Å²) in [4.78, 5) is 17.6. The lowest BCUT2D eigenvalue weighted by Crippen LogP contribution is -2.23. The highest BCUT2D eigenvalue weighted by Crippen LogP contribution is 2.16. The number of hydrogen-bond acceptors (Lipinski definition) is 5. The Kier molecular flexibility index (Phi) is 3.59.